The Balaban J connectivity index is 1.72. The Labute approximate surface area is 199 Å². The molecule has 4 aromatic rings. The zero-order valence-electron chi connectivity index (χ0n) is 19.3. The number of aryl methyl sites for hydroxylation is 2. The third-order valence-electron chi connectivity index (χ3n) is 5.70. The molecule has 0 saturated heterocycles. The van der Waals surface area contributed by atoms with Crippen LogP contribution >= 0.6 is 0 Å². The summed E-state index contributed by atoms with van der Waals surface area (Å²) in [4.78, 5) is 30.3. The molecule has 0 spiro atoms. The zero-order valence-corrected chi connectivity index (χ0v) is 19.3. The Kier molecular flexibility index (Phi) is 6.30. The number of nitrogens with zero attached hydrogens (tertiary/aromatic N) is 2. The van der Waals surface area contributed by atoms with Gasteiger partial charge in [0.15, 0.2) is 0 Å². The van der Waals surface area contributed by atoms with Gasteiger partial charge in [0.05, 0.1) is 16.8 Å². The second-order valence-corrected chi connectivity index (χ2v) is 8.15. The molecular formula is C27H22F3N3O2. The van der Waals surface area contributed by atoms with E-state index in [1.54, 1.807) is 42.1 Å². The van der Waals surface area contributed by atoms with Gasteiger partial charge in [-0.1, -0.05) is 18.2 Å². The topological polar surface area (TPSA) is 64.0 Å². The van der Waals surface area contributed by atoms with Crippen molar-refractivity contribution in [1.29, 1.82) is 0 Å². The van der Waals surface area contributed by atoms with Gasteiger partial charge in [-0.3, -0.25) is 14.6 Å². The maximum Gasteiger partial charge on any atom is 0.416 e. The number of allylic oxidation sites excluding steroid dienone is 1. The monoisotopic (exact) mass is 477 g/mol. The largest absolute Gasteiger partial charge is 0.416 e. The maximum absolute atomic E-state index is 13.2. The molecule has 35 heavy (non-hydrogen) atoms. The van der Waals surface area contributed by atoms with E-state index < -0.39 is 17.6 Å². The summed E-state index contributed by atoms with van der Waals surface area (Å²) in [6.45, 7) is 3.72. The molecule has 0 bridgehead atoms. The SMILES string of the molecule is CC=Cc1cc2c(cn1)cc(-c1cc(NC(=O)c3cccc(C(F)(F)F)c3)ccc1C)c(=O)n2C. The van der Waals surface area contributed by atoms with Crippen molar-refractivity contribution in [3.8, 4) is 11.1 Å². The lowest BCUT2D eigenvalue weighted by Gasteiger charge is -2.14. The van der Waals surface area contributed by atoms with Gasteiger partial charge in [0.25, 0.3) is 11.5 Å². The highest BCUT2D eigenvalue weighted by Crippen LogP contribution is 2.30. The first-order chi connectivity index (χ1) is 16.6. The Morgan fingerprint density at radius 2 is 1.83 bits per heavy atom. The van der Waals surface area contributed by atoms with Crippen molar-refractivity contribution < 1.29 is 18.0 Å². The van der Waals surface area contributed by atoms with Crippen LogP contribution in [0.5, 0.6) is 0 Å². The fourth-order valence-corrected chi connectivity index (χ4v) is 3.86. The van der Waals surface area contributed by atoms with Crippen LogP contribution in [0.3, 0.4) is 0 Å². The average molecular weight is 477 g/mol. The van der Waals surface area contributed by atoms with Crippen LogP contribution in [0.15, 0.2) is 71.7 Å². The van der Waals surface area contributed by atoms with E-state index in [4.69, 9.17) is 0 Å². The summed E-state index contributed by atoms with van der Waals surface area (Å²) in [6, 6.07) is 12.8. The molecule has 2 aromatic carbocycles. The van der Waals surface area contributed by atoms with E-state index in [1.165, 1.54) is 12.1 Å². The quantitative estimate of drug-likeness (QED) is 0.380. The first kappa shape index (κ1) is 23.9. The molecule has 0 aliphatic carbocycles. The number of rotatable bonds is 4. The summed E-state index contributed by atoms with van der Waals surface area (Å²) in [5.74, 6) is -0.682. The van der Waals surface area contributed by atoms with Crippen molar-refractivity contribution in [2.24, 2.45) is 7.05 Å². The molecule has 1 N–H and O–H groups in total. The molecule has 2 heterocycles. The van der Waals surface area contributed by atoms with Gasteiger partial charge in [0.2, 0.25) is 0 Å². The van der Waals surface area contributed by atoms with E-state index in [1.807, 2.05) is 32.1 Å². The van der Waals surface area contributed by atoms with Crippen LogP contribution < -0.4 is 10.9 Å². The zero-order chi connectivity index (χ0) is 25.3. The number of carbonyl (C=O) groups is 1. The molecule has 178 valence electrons. The number of hydrogen-bond acceptors (Lipinski definition) is 3. The molecular weight excluding hydrogens is 455 g/mol. The number of pyridine rings is 2. The highest BCUT2D eigenvalue weighted by atomic mass is 19.4. The summed E-state index contributed by atoms with van der Waals surface area (Å²) >= 11 is 0. The summed E-state index contributed by atoms with van der Waals surface area (Å²) in [5, 5.41) is 3.40. The third-order valence-corrected chi connectivity index (χ3v) is 5.70. The number of aromatic nitrogens is 2. The standard InChI is InChI=1S/C27H22F3N3O2/c1-4-6-20-14-24-18(15-31-20)12-23(26(35)33(24)3)22-13-21(10-9-16(22)2)32-25(34)17-7-5-8-19(11-17)27(28,29)30/h4-15H,1-3H3,(H,32,34). The van der Waals surface area contributed by atoms with Crippen LogP contribution in [-0.4, -0.2) is 15.5 Å². The number of amides is 1. The van der Waals surface area contributed by atoms with Crippen molar-refractivity contribution in [3.05, 3.63) is 99.6 Å². The highest BCUT2D eigenvalue weighted by Gasteiger charge is 2.30. The van der Waals surface area contributed by atoms with Gasteiger partial charge in [0.1, 0.15) is 0 Å². The number of fused-ring (bicyclic) bond motifs is 1. The molecule has 0 saturated carbocycles. The van der Waals surface area contributed by atoms with E-state index in [-0.39, 0.29) is 11.1 Å². The number of alkyl halides is 3. The molecule has 0 aliphatic heterocycles. The maximum atomic E-state index is 13.2. The molecule has 0 fully saturated rings. The molecule has 0 atom stereocenters. The van der Waals surface area contributed by atoms with Crippen molar-refractivity contribution >= 4 is 28.6 Å². The smallest absolute Gasteiger partial charge is 0.322 e. The molecule has 0 unspecified atom stereocenters. The van der Waals surface area contributed by atoms with Crippen LogP contribution in [-0.2, 0) is 13.2 Å². The van der Waals surface area contributed by atoms with Crippen LogP contribution in [0.4, 0.5) is 18.9 Å². The van der Waals surface area contributed by atoms with Gasteiger partial charge in [-0.15, -0.1) is 0 Å². The molecule has 4 rings (SSSR count). The van der Waals surface area contributed by atoms with Crippen molar-refractivity contribution in [2.45, 2.75) is 20.0 Å². The number of anilines is 1. The van der Waals surface area contributed by atoms with Gasteiger partial charge in [-0.2, -0.15) is 13.2 Å². The number of halogens is 3. The van der Waals surface area contributed by atoms with Gasteiger partial charge < -0.3 is 9.88 Å². The Morgan fingerprint density at radius 1 is 1.06 bits per heavy atom. The van der Waals surface area contributed by atoms with E-state index in [0.29, 0.717) is 16.8 Å². The van der Waals surface area contributed by atoms with Crippen molar-refractivity contribution in [1.82, 2.24) is 9.55 Å². The second kappa shape index (κ2) is 9.21. The number of carbonyl (C=O) groups excluding carboxylic acids is 1. The lowest BCUT2D eigenvalue weighted by atomic mass is 9.99. The van der Waals surface area contributed by atoms with Crippen LogP contribution in [0.1, 0.15) is 34.1 Å². The van der Waals surface area contributed by atoms with Crippen LogP contribution in [0, 0.1) is 6.92 Å². The van der Waals surface area contributed by atoms with Crippen LogP contribution in [0.2, 0.25) is 0 Å². The Bertz CT molecular complexity index is 1540. The normalized spacial score (nSPS) is 11.8. The molecule has 1 amide bonds. The average Bonchev–Trinajstić information content (AvgIpc) is 2.83. The lowest BCUT2D eigenvalue weighted by Crippen LogP contribution is -2.19. The third kappa shape index (κ3) is 4.87. The summed E-state index contributed by atoms with van der Waals surface area (Å²) in [5.41, 5.74) is 2.41. The van der Waals surface area contributed by atoms with Gasteiger partial charge in [-0.25, -0.2) is 0 Å². The number of hydrogen-bond donors (Lipinski definition) is 1. The summed E-state index contributed by atoms with van der Waals surface area (Å²) in [6.07, 6.45) is 0.857. The fraction of sp³-hybridized carbons (Fsp3) is 0.148. The van der Waals surface area contributed by atoms with Crippen molar-refractivity contribution in [3.63, 3.8) is 0 Å². The van der Waals surface area contributed by atoms with E-state index in [0.717, 1.165) is 34.3 Å². The molecule has 8 heteroatoms. The lowest BCUT2D eigenvalue weighted by molar-refractivity contribution is -0.137. The predicted octanol–water partition coefficient (Wildman–Crippen LogP) is 6.21. The Morgan fingerprint density at radius 3 is 2.54 bits per heavy atom. The van der Waals surface area contributed by atoms with Crippen LogP contribution in [0.25, 0.3) is 28.1 Å². The minimum absolute atomic E-state index is 0.119. The molecule has 5 nitrogen and oxygen atoms in total. The van der Waals surface area contributed by atoms with Crippen molar-refractivity contribution in [2.75, 3.05) is 5.32 Å². The first-order valence-corrected chi connectivity index (χ1v) is 10.8. The summed E-state index contributed by atoms with van der Waals surface area (Å²) < 4.78 is 40.6. The molecule has 2 aromatic heterocycles. The van der Waals surface area contributed by atoms with E-state index in [9.17, 15) is 22.8 Å². The second-order valence-electron chi connectivity index (χ2n) is 8.15. The fourth-order valence-electron chi connectivity index (χ4n) is 3.86. The van der Waals surface area contributed by atoms with E-state index >= 15 is 0 Å². The highest BCUT2D eigenvalue weighted by molar-refractivity contribution is 6.04. The summed E-state index contributed by atoms with van der Waals surface area (Å²) in [7, 11) is 1.68. The van der Waals surface area contributed by atoms with Gasteiger partial charge in [0, 0.05) is 35.4 Å². The number of nitrogens with one attached hydrogen (secondary N) is 1. The van der Waals surface area contributed by atoms with Gasteiger partial charge >= 0.3 is 6.18 Å². The number of benzene rings is 2. The molecule has 0 radical (unpaired) electrons. The molecule has 0 aliphatic rings. The minimum Gasteiger partial charge on any atom is -0.322 e. The Hall–Kier alpha value is -4.20. The van der Waals surface area contributed by atoms with E-state index in [2.05, 4.69) is 10.3 Å². The first-order valence-electron chi connectivity index (χ1n) is 10.8. The minimum atomic E-state index is -4.55. The predicted molar refractivity (Wildman–Crippen MR) is 131 cm³/mol. The van der Waals surface area contributed by atoms with Gasteiger partial charge in [-0.05, 0) is 73.5 Å².